The number of rotatable bonds is 7. The first-order chi connectivity index (χ1) is 7.01. The van der Waals surface area contributed by atoms with Gasteiger partial charge >= 0.3 is 5.97 Å². The van der Waals surface area contributed by atoms with Gasteiger partial charge in [-0.05, 0) is 13.6 Å². The summed E-state index contributed by atoms with van der Waals surface area (Å²) in [6.07, 6.45) is -0.0438. The lowest BCUT2D eigenvalue weighted by Gasteiger charge is -2.21. The smallest absolute Gasteiger partial charge is 0.308 e. The third-order valence-electron chi connectivity index (χ3n) is 2.27. The van der Waals surface area contributed by atoms with Gasteiger partial charge in [0.2, 0.25) is 0 Å². The summed E-state index contributed by atoms with van der Waals surface area (Å²) in [5, 5.41) is 0. The molecule has 0 aliphatic rings. The molecule has 0 aromatic heterocycles. The molecule has 15 heavy (non-hydrogen) atoms. The van der Waals surface area contributed by atoms with E-state index in [1.165, 1.54) is 0 Å². The Kier molecular flexibility index (Phi) is 7.34. The number of nitrogens with zero attached hydrogens (tertiary/aromatic N) is 1. The van der Waals surface area contributed by atoms with Gasteiger partial charge in [-0.3, -0.25) is 4.79 Å². The minimum Gasteiger partial charge on any atom is -0.463 e. The standard InChI is InChI=1S/C11H23NO3/c1-6-12(4)7-10(14-5)8-15-11(13)9(2)3/h9-10H,6-8H2,1-5H3. The molecule has 0 spiro atoms. The second kappa shape index (κ2) is 7.65. The fraction of sp³-hybridized carbons (Fsp3) is 0.909. The number of likely N-dealkylation sites (N-methyl/N-ethyl adjacent to an activating group) is 1. The van der Waals surface area contributed by atoms with Crippen molar-refractivity contribution in [2.45, 2.75) is 26.9 Å². The van der Waals surface area contributed by atoms with Crippen molar-refractivity contribution < 1.29 is 14.3 Å². The molecule has 0 amide bonds. The summed E-state index contributed by atoms with van der Waals surface area (Å²) in [7, 11) is 3.65. The lowest BCUT2D eigenvalue weighted by molar-refractivity contribution is -0.151. The van der Waals surface area contributed by atoms with Crippen molar-refractivity contribution in [1.29, 1.82) is 0 Å². The van der Waals surface area contributed by atoms with Gasteiger partial charge in [0, 0.05) is 13.7 Å². The van der Waals surface area contributed by atoms with Crippen LogP contribution in [0.5, 0.6) is 0 Å². The minimum atomic E-state index is -0.170. The zero-order valence-corrected chi connectivity index (χ0v) is 10.4. The summed E-state index contributed by atoms with van der Waals surface area (Å²) in [4.78, 5) is 13.3. The topological polar surface area (TPSA) is 38.8 Å². The van der Waals surface area contributed by atoms with Crippen LogP contribution in [0.15, 0.2) is 0 Å². The minimum absolute atomic E-state index is 0.0438. The number of methoxy groups -OCH3 is 1. The molecule has 4 nitrogen and oxygen atoms in total. The molecule has 0 aromatic rings. The number of ether oxygens (including phenoxy) is 2. The molecule has 0 heterocycles. The largest absolute Gasteiger partial charge is 0.463 e. The number of carbonyl (C=O) groups is 1. The summed E-state index contributed by atoms with van der Waals surface area (Å²) < 4.78 is 10.3. The molecule has 4 heteroatoms. The van der Waals surface area contributed by atoms with Gasteiger partial charge in [0.1, 0.15) is 12.7 Å². The summed E-state index contributed by atoms with van der Waals surface area (Å²) >= 11 is 0. The summed E-state index contributed by atoms with van der Waals surface area (Å²) in [5.41, 5.74) is 0. The van der Waals surface area contributed by atoms with Gasteiger partial charge in [-0.1, -0.05) is 20.8 Å². The highest BCUT2D eigenvalue weighted by Crippen LogP contribution is 2.00. The van der Waals surface area contributed by atoms with Crippen molar-refractivity contribution in [3.63, 3.8) is 0 Å². The molecule has 1 unspecified atom stereocenters. The predicted octanol–water partition coefficient (Wildman–Crippen LogP) is 1.15. The Morgan fingerprint density at radius 3 is 2.40 bits per heavy atom. The van der Waals surface area contributed by atoms with Crippen LogP contribution in [-0.4, -0.2) is 50.8 Å². The van der Waals surface area contributed by atoms with Crippen LogP contribution in [0.4, 0.5) is 0 Å². The van der Waals surface area contributed by atoms with Gasteiger partial charge in [-0.25, -0.2) is 0 Å². The fourth-order valence-electron chi connectivity index (χ4n) is 1.01. The average molecular weight is 217 g/mol. The molecule has 0 N–H and O–H groups in total. The number of esters is 1. The Morgan fingerprint density at radius 1 is 1.40 bits per heavy atom. The van der Waals surface area contributed by atoms with Crippen molar-refractivity contribution in [2.24, 2.45) is 5.92 Å². The molecule has 0 aliphatic heterocycles. The van der Waals surface area contributed by atoms with E-state index in [0.29, 0.717) is 6.61 Å². The molecular formula is C11H23NO3. The highest BCUT2D eigenvalue weighted by atomic mass is 16.6. The first-order valence-corrected chi connectivity index (χ1v) is 5.39. The van der Waals surface area contributed by atoms with Gasteiger partial charge in [0.05, 0.1) is 5.92 Å². The lowest BCUT2D eigenvalue weighted by Crippen LogP contribution is -2.34. The van der Waals surface area contributed by atoms with Crippen molar-refractivity contribution in [3.05, 3.63) is 0 Å². The highest BCUT2D eigenvalue weighted by molar-refractivity contribution is 5.71. The molecule has 0 radical (unpaired) electrons. The van der Waals surface area contributed by atoms with Gasteiger partial charge < -0.3 is 14.4 Å². The molecule has 0 aromatic carbocycles. The first-order valence-electron chi connectivity index (χ1n) is 5.39. The van der Waals surface area contributed by atoms with Crippen LogP contribution in [0.2, 0.25) is 0 Å². The summed E-state index contributed by atoms with van der Waals surface area (Å²) in [6.45, 7) is 7.78. The van der Waals surface area contributed by atoms with Crippen LogP contribution in [0, 0.1) is 5.92 Å². The first kappa shape index (κ1) is 14.4. The van der Waals surface area contributed by atoms with Crippen LogP contribution in [0.3, 0.4) is 0 Å². The predicted molar refractivity (Wildman–Crippen MR) is 59.8 cm³/mol. The van der Waals surface area contributed by atoms with Crippen molar-refractivity contribution in [1.82, 2.24) is 4.90 Å². The SMILES string of the molecule is CCN(C)CC(COC(=O)C(C)C)OC. The van der Waals surface area contributed by atoms with Gasteiger partial charge in [-0.15, -0.1) is 0 Å². The monoisotopic (exact) mass is 217 g/mol. The van der Waals surface area contributed by atoms with E-state index in [9.17, 15) is 4.79 Å². The second-order valence-corrected chi connectivity index (χ2v) is 4.00. The zero-order valence-electron chi connectivity index (χ0n) is 10.4. The number of hydrogen-bond donors (Lipinski definition) is 0. The van der Waals surface area contributed by atoms with E-state index < -0.39 is 0 Å². The Balaban J connectivity index is 3.84. The summed E-state index contributed by atoms with van der Waals surface area (Å²) in [6, 6.07) is 0. The van der Waals surface area contributed by atoms with Gasteiger partial charge in [0.25, 0.3) is 0 Å². The maximum atomic E-state index is 11.2. The van der Waals surface area contributed by atoms with Crippen LogP contribution in [-0.2, 0) is 14.3 Å². The maximum Gasteiger partial charge on any atom is 0.308 e. The van der Waals surface area contributed by atoms with Crippen molar-refractivity contribution in [2.75, 3.05) is 33.9 Å². The third-order valence-corrected chi connectivity index (χ3v) is 2.27. The van der Waals surface area contributed by atoms with Crippen molar-refractivity contribution >= 4 is 5.97 Å². The normalized spacial score (nSPS) is 13.3. The van der Waals surface area contributed by atoms with Crippen LogP contribution >= 0.6 is 0 Å². The Morgan fingerprint density at radius 2 is 2.00 bits per heavy atom. The van der Waals surface area contributed by atoms with Crippen LogP contribution < -0.4 is 0 Å². The molecule has 0 saturated heterocycles. The molecule has 0 rings (SSSR count). The van der Waals surface area contributed by atoms with E-state index >= 15 is 0 Å². The third kappa shape index (κ3) is 6.47. The second-order valence-electron chi connectivity index (χ2n) is 4.00. The van der Waals surface area contributed by atoms with E-state index in [1.807, 2.05) is 20.9 Å². The van der Waals surface area contributed by atoms with E-state index in [4.69, 9.17) is 9.47 Å². The number of carbonyl (C=O) groups excluding carboxylic acids is 1. The molecule has 1 atom stereocenters. The van der Waals surface area contributed by atoms with E-state index in [0.717, 1.165) is 13.1 Å². The molecule has 0 saturated carbocycles. The molecule has 90 valence electrons. The van der Waals surface area contributed by atoms with E-state index in [1.54, 1.807) is 7.11 Å². The Labute approximate surface area is 92.5 Å². The summed E-state index contributed by atoms with van der Waals surface area (Å²) in [5.74, 6) is -0.248. The zero-order chi connectivity index (χ0) is 11.8. The van der Waals surface area contributed by atoms with Crippen LogP contribution in [0.1, 0.15) is 20.8 Å². The van der Waals surface area contributed by atoms with E-state index in [-0.39, 0.29) is 18.0 Å². The molecule has 0 aliphatic carbocycles. The Hall–Kier alpha value is -0.610. The highest BCUT2D eigenvalue weighted by Gasteiger charge is 2.14. The number of hydrogen-bond acceptors (Lipinski definition) is 4. The van der Waals surface area contributed by atoms with E-state index in [2.05, 4.69) is 11.8 Å². The average Bonchev–Trinajstić information content (AvgIpc) is 2.22. The molecule has 0 bridgehead atoms. The quantitative estimate of drug-likeness (QED) is 0.600. The molecule has 0 fully saturated rings. The maximum absolute atomic E-state index is 11.2. The van der Waals surface area contributed by atoms with Crippen molar-refractivity contribution in [3.8, 4) is 0 Å². The fourth-order valence-corrected chi connectivity index (χ4v) is 1.01. The Bertz CT molecular complexity index is 183. The van der Waals surface area contributed by atoms with Gasteiger partial charge in [-0.2, -0.15) is 0 Å². The molecular weight excluding hydrogens is 194 g/mol. The lowest BCUT2D eigenvalue weighted by atomic mass is 10.2. The van der Waals surface area contributed by atoms with Gasteiger partial charge in [0.15, 0.2) is 0 Å². The van der Waals surface area contributed by atoms with Crippen LogP contribution in [0.25, 0.3) is 0 Å².